The second-order valence-electron chi connectivity index (χ2n) is 3.89. The van der Waals surface area contributed by atoms with Gasteiger partial charge in [-0.15, -0.1) is 5.10 Å². The van der Waals surface area contributed by atoms with Crippen molar-refractivity contribution < 1.29 is 4.79 Å². The summed E-state index contributed by atoms with van der Waals surface area (Å²) in [5, 5.41) is 9.26. The van der Waals surface area contributed by atoms with E-state index >= 15 is 0 Å². The summed E-state index contributed by atoms with van der Waals surface area (Å²) >= 11 is 0. The number of amides is 1. The summed E-state index contributed by atoms with van der Waals surface area (Å²) < 4.78 is 0. The van der Waals surface area contributed by atoms with Gasteiger partial charge in [0.05, 0.1) is 11.9 Å². The lowest BCUT2D eigenvalue weighted by atomic mass is 10.2. The number of anilines is 1. The van der Waals surface area contributed by atoms with Crippen LogP contribution in [-0.4, -0.2) is 26.1 Å². The molecule has 0 saturated heterocycles. The molecule has 2 aromatic heterocycles. The van der Waals surface area contributed by atoms with Crippen molar-refractivity contribution >= 4 is 11.6 Å². The Kier molecular flexibility index (Phi) is 3.13. The molecule has 17 heavy (non-hydrogen) atoms. The fraction of sp³-hybridized carbons (Fsp3) is 0.273. The van der Waals surface area contributed by atoms with Crippen LogP contribution in [-0.2, 0) is 0 Å². The first kappa shape index (κ1) is 11.3. The number of hydrogen-bond acceptors (Lipinski definition) is 4. The van der Waals surface area contributed by atoms with E-state index in [-0.39, 0.29) is 17.6 Å². The van der Waals surface area contributed by atoms with Crippen molar-refractivity contribution in [1.29, 1.82) is 0 Å². The van der Waals surface area contributed by atoms with Crippen LogP contribution in [0.1, 0.15) is 36.2 Å². The summed E-state index contributed by atoms with van der Waals surface area (Å²) in [5.41, 5.74) is 0.619. The molecule has 0 atom stereocenters. The molecule has 2 rings (SSSR count). The van der Waals surface area contributed by atoms with Gasteiger partial charge >= 0.3 is 0 Å². The van der Waals surface area contributed by atoms with Gasteiger partial charge in [0.2, 0.25) is 5.82 Å². The quantitative estimate of drug-likeness (QED) is 0.839. The van der Waals surface area contributed by atoms with E-state index in [1.165, 1.54) is 0 Å². The molecule has 0 aromatic carbocycles. The van der Waals surface area contributed by atoms with Crippen LogP contribution >= 0.6 is 0 Å². The first-order valence-electron chi connectivity index (χ1n) is 5.30. The fourth-order valence-electron chi connectivity index (χ4n) is 1.26. The molecule has 2 N–H and O–H groups in total. The van der Waals surface area contributed by atoms with Crippen molar-refractivity contribution in [2.24, 2.45) is 0 Å². The van der Waals surface area contributed by atoms with Crippen molar-refractivity contribution in [2.75, 3.05) is 5.32 Å². The molecule has 0 unspecified atom stereocenters. The maximum atomic E-state index is 11.8. The molecule has 2 aromatic rings. The minimum Gasteiger partial charge on any atom is -0.318 e. The van der Waals surface area contributed by atoms with Gasteiger partial charge in [0, 0.05) is 12.1 Å². The zero-order valence-electron chi connectivity index (χ0n) is 9.64. The molecule has 0 aliphatic carbocycles. The second-order valence-corrected chi connectivity index (χ2v) is 3.89. The van der Waals surface area contributed by atoms with Crippen LogP contribution in [0, 0.1) is 0 Å². The molecule has 1 amide bonds. The predicted molar refractivity (Wildman–Crippen MR) is 62.7 cm³/mol. The summed E-state index contributed by atoms with van der Waals surface area (Å²) in [5.74, 6) is 0.697. The number of nitrogens with zero attached hydrogens (tertiary/aromatic N) is 3. The predicted octanol–water partition coefficient (Wildman–Crippen LogP) is 1.58. The van der Waals surface area contributed by atoms with Crippen LogP contribution in [0.3, 0.4) is 0 Å². The summed E-state index contributed by atoms with van der Waals surface area (Å²) in [6.45, 7) is 3.95. The highest BCUT2D eigenvalue weighted by Gasteiger charge is 2.13. The lowest BCUT2D eigenvalue weighted by Gasteiger charge is -2.00. The Hall–Kier alpha value is -2.24. The van der Waals surface area contributed by atoms with E-state index in [4.69, 9.17) is 0 Å². The standard InChI is InChI=1S/C11H13N5O/c1-7(2)9-14-10(16-15-9)11(17)13-8-4-3-5-12-6-8/h3-7H,1-2H3,(H,13,17)(H,14,15,16). The molecule has 0 aliphatic rings. The molecule has 0 spiro atoms. The van der Waals surface area contributed by atoms with Crippen LogP contribution in [0.15, 0.2) is 24.5 Å². The highest BCUT2D eigenvalue weighted by Crippen LogP contribution is 2.09. The Bertz CT molecular complexity index is 506. The van der Waals surface area contributed by atoms with Gasteiger partial charge in [0.1, 0.15) is 5.82 Å². The van der Waals surface area contributed by atoms with Crippen molar-refractivity contribution in [3.05, 3.63) is 36.2 Å². The number of H-pyrrole nitrogens is 1. The van der Waals surface area contributed by atoms with Crippen LogP contribution < -0.4 is 5.32 Å². The van der Waals surface area contributed by atoms with Crippen LogP contribution in [0.4, 0.5) is 5.69 Å². The van der Waals surface area contributed by atoms with Gasteiger partial charge in [0.15, 0.2) is 0 Å². The van der Waals surface area contributed by atoms with E-state index < -0.39 is 0 Å². The molecular weight excluding hydrogens is 218 g/mol. The summed E-state index contributed by atoms with van der Waals surface area (Å²) in [4.78, 5) is 19.8. The third-order valence-electron chi connectivity index (χ3n) is 2.17. The maximum Gasteiger partial charge on any atom is 0.295 e. The monoisotopic (exact) mass is 231 g/mol. The molecule has 0 radical (unpaired) electrons. The molecule has 88 valence electrons. The summed E-state index contributed by atoms with van der Waals surface area (Å²) in [6, 6.07) is 3.49. The number of pyridine rings is 1. The Labute approximate surface area is 98.5 Å². The Balaban J connectivity index is 2.10. The first-order chi connectivity index (χ1) is 8.16. The van der Waals surface area contributed by atoms with Gasteiger partial charge in [-0.05, 0) is 12.1 Å². The van der Waals surface area contributed by atoms with Crippen molar-refractivity contribution in [3.63, 3.8) is 0 Å². The van der Waals surface area contributed by atoms with Crippen molar-refractivity contribution in [3.8, 4) is 0 Å². The Morgan fingerprint density at radius 1 is 1.47 bits per heavy atom. The topological polar surface area (TPSA) is 83.6 Å². The number of hydrogen-bond donors (Lipinski definition) is 2. The largest absolute Gasteiger partial charge is 0.318 e. The third kappa shape index (κ3) is 2.66. The minimum absolute atomic E-state index is 0.137. The van der Waals surface area contributed by atoms with Crippen LogP contribution in [0.25, 0.3) is 0 Å². The first-order valence-corrected chi connectivity index (χ1v) is 5.30. The summed E-state index contributed by atoms with van der Waals surface area (Å²) in [6.07, 6.45) is 3.20. The highest BCUT2D eigenvalue weighted by atomic mass is 16.2. The smallest absolute Gasteiger partial charge is 0.295 e. The third-order valence-corrected chi connectivity index (χ3v) is 2.17. The Morgan fingerprint density at radius 3 is 2.88 bits per heavy atom. The van der Waals surface area contributed by atoms with E-state index in [9.17, 15) is 4.79 Å². The van der Waals surface area contributed by atoms with Gasteiger partial charge in [-0.25, -0.2) is 4.98 Å². The lowest BCUT2D eigenvalue weighted by molar-refractivity contribution is 0.101. The van der Waals surface area contributed by atoms with Crippen molar-refractivity contribution in [2.45, 2.75) is 19.8 Å². The second kappa shape index (κ2) is 4.73. The number of carbonyl (C=O) groups excluding carboxylic acids is 1. The van der Waals surface area contributed by atoms with E-state index in [1.807, 2.05) is 13.8 Å². The van der Waals surface area contributed by atoms with Gasteiger partial charge in [-0.3, -0.25) is 14.9 Å². The van der Waals surface area contributed by atoms with E-state index in [0.717, 1.165) is 0 Å². The van der Waals surface area contributed by atoms with E-state index in [2.05, 4.69) is 25.5 Å². The number of nitrogens with one attached hydrogen (secondary N) is 2. The van der Waals surface area contributed by atoms with Gasteiger partial charge in [0.25, 0.3) is 5.91 Å². The molecule has 0 bridgehead atoms. The zero-order valence-corrected chi connectivity index (χ0v) is 9.64. The SMILES string of the molecule is CC(C)c1nc(C(=O)Nc2cccnc2)n[nH]1. The highest BCUT2D eigenvalue weighted by molar-refractivity contribution is 6.01. The van der Waals surface area contributed by atoms with Crippen LogP contribution in [0.2, 0.25) is 0 Å². The van der Waals surface area contributed by atoms with Crippen LogP contribution in [0.5, 0.6) is 0 Å². The Morgan fingerprint density at radius 2 is 2.29 bits per heavy atom. The molecule has 0 fully saturated rings. The number of carbonyl (C=O) groups is 1. The molecule has 0 aliphatic heterocycles. The van der Waals surface area contributed by atoms with E-state index in [0.29, 0.717) is 11.5 Å². The van der Waals surface area contributed by atoms with Gasteiger partial charge < -0.3 is 5.32 Å². The summed E-state index contributed by atoms with van der Waals surface area (Å²) in [7, 11) is 0. The van der Waals surface area contributed by atoms with Gasteiger partial charge in [-0.2, -0.15) is 0 Å². The number of rotatable bonds is 3. The average molecular weight is 231 g/mol. The number of aromatic amines is 1. The van der Waals surface area contributed by atoms with Gasteiger partial charge in [-0.1, -0.05) is 13.8 Å². The minimum atomic E-state index is -0.346. The lowest BCUT2D eigenvalue weighted by Crippen LogP contribution is -2.13. The number of aromatic nitrogens is 4. The maximum absolute atomic E-state index is 11.8. The normalized spacial score (nSPS) is 10.5. The average Bonchev–Trinajstić information content (AvgIpc) is 2.79. The van der Waals surface area contributed by atoms with E-state index in [1.54, 1.807) is 24.5 Å². The molecule has 0 saturated carbocycles. The molecule has 6 nitrogen and oxygen atoms in total. The molecular formula is C11H13N5O. The zero-order chi connectivity index (χ0) is 12.3. The fourth-order valence-corrected chi connectivity index (χ4v) is 1.26. The molecule has 2 heterocycles. The molecule has 6 heteroatoms. The van der Waals surface area contributed by atoms with Crippen molar-refractivity contribution in [1.82, 2.24) is 20.2 Å².